The monoisotopic (exact) mass is 477 g/mol. The van der Waals surface area contributed by atoms with Crippen molar-refractivity contribution in [2.24, 2.45) is 0 Å². The van der Waals surface area contributed by atoms with Gasteiger partial charge in [0.15, 0.2) is 0 Å². The number of hydrogen-bond acceptors (Lipinski definition) is 5. The predicted octanol–water partition coefficient (Wildman–Crippen LogP) is 5.76. The Hall–Kier alpha value is -3.77. The van der Waals surface area contributed by atoms with Crippen molar-refractivity contribution in [1.82, 2.24) is 0 Å². The van der Waals surface area contributed by atoms with Gasteiger partial charge in [-0.15, -0.1) is 0 Å². The van der Waals surface area contributed by atoms with E-state index in [-0.39, 0.29) is 11.3 Å². The van der Waals surface area contributed by atoms with Gasteiger partial charge in [-0.1, -0.05) is 35.9 Å². The van der Waals surface area contributed by atoms with E-state index in [4.69, 9.17) is 21.1 Å². The van der Waals surface area contributed by atoms with Gasteiger partial charge in [-0.2, -0.15) is 0 Å². The molecule has 4 rings (SSSR count). The van der Waals surface area contributed by atoms with Crippen molar-refractivity contribution in [2.75, 3.05) is 18.1 Å². The highest BCUT2D eigenvalue weighted by molar-refractivity contribution is 6.51. The van der Waals surface area contributed by atoms with Gasteiger partial charge in [0.05, 0.1) is 24.8 Å². The van der Waals surface area contributed by atoms with Crippen LogP contribution >= 0.6 is 11.6 Å². The molecule has 3 aromatic carbocycles. The average Bonchev–Trinajstić information content (AvgIpc) is 3.11. The van der Waals surface area contributed by atoms with Gasteiger partial charge in [0.25, 0.3) is 11.7 Å². The third-order valence-electron chi connectivity index (χ3n) is 5.47. The second-order valence-electron chi connectivity index (χ2n) is 7.61. The molecule has 0 spiro atoms. The van der Waals surface area contributed by atoms with Gasteiger partial charge in [0.2, 0.25) is 0 Å². The first-order valence-electron chi connectivity index (χ1n) is 11.0. The number of halogens is 1. The van der Waals surface area contributed by atoms with Gasteiger partial charge in [0.1, 0.15) is 17.3 Å². The first kappa shape index (κ1) is 23.4. The lowest BCUT2D eigenvalue weighted by atomic mass is 9.95. The van der Waals surface area contributed by atoms with Crippen molar-refractivity contribution in [1.29, 1.82) is 0 Å². The number of ether oxygens (including phenoxy) is 2. The lowest BCUT2D eigenvalue weighted by Gasteiger charge is -2.25. The molecular weight excluding hydrogens is 454 g/mol. The van der Waals surface area contributed by atoms with Crippen LogP contribution in [0.25, 0.3) is 5.76 Å². The number of anilines is 1. The summed E-state index contributed by atoms with van der Waals surface area (Å²) in [5, 5.41) is 11.8. The number of carbonyl (C=O) groups excluding carboxylic acids is 2. The van der Waals surface area contributed by atoms with Gasteiger partial charge in [-0.25, -0.2) is 0 Å². The minimum absolute atomic E-state index is 0.00476. The Labute approximate surface area is 203 Å². The molecule has 34 heavy (non-hydrogen) atoms. The second-order valence-corrected chi connectivity index (χ2v) is 8.04. The smallest absolute Gasteiger partial charge is 0.300 e. The standard InChI is InChI=1S/C27H24ClNO5/c1-3-33-21-14-12-20(13-15-21)29-24(17-8-10-19(28)11-9-17)23(26(31)27(29)32)25(30)18-6-5-7-22(16-18)34-4-2/h5-16,24,30H,3-4H2,1-2H3/b25-23-. The molecule has 0 bridgehead atoms. The number of benzene rings is 3. The molecular formula is C27H24ClNO5. The topological polar surface area (TPSA) is 76.1 Å². The molecule has 1 fully saturated rings. The summed E-state index contributed by atoms with van der Waals surface area (Å²) in [6.07, 6.45) is 0. The van der Waals surface area contributed by atoms with Crippen LogP contribution in [0.4, 0.5) is 5.69 Å². The van der Waals surface area contributed by atoms with Crippen LogP contribution in [0.2, 0.25) is 5.02 Å². The molecule has 0 saturated carbocycles. The SMILES string of the molecule is CCOc1ccc(N2C(=O)C(=O)/C(=C(\O)c3cccc(OCC)c3)C2c2ccc(Cl)cc2)cc1. The molecule has 1 heterocycles. The molecule has 0 aliphatic carbocycles. The molecule has 7 heteroatoms. The molecule has 3 aromatic rings. The Morgan fingerprint density at radius 3 is 2.21 bits per heavy atom. The quantitative estimate of drug-likeness (QED) is 0.266. The summed E-state index contributed by atoms with van der Waals surface area (Å²) in [6, 6.07) is 19.7. The van der Waals surface area contributed by atoms with Gasteiger partial charge in [0, 0.05) is 16.3 Å². The summed E-state index contributed by atoms with van der Waals surface area (Å²) < 4.78 is 11.0. The molecule has 1 amide bonds. The van der Waals surface area contributed by atoms with Gasteiger partial charge >= 0.3 is 0 Å². The van der Waals surface area contributed by atoms with Crippen LogP contribution in [0, 0.1) is 0 Å². The normalized spacial score (nSPS) is 17.1. The van der Waals surface area contributed by atoms with Crippen molar-refractivity contribution in [3.05, 3.63) is 94.5 Å². The highest BCUT2D eigenvalue weighted by atomic mass is 35.5. The van der Waals surface area contributed by atoms with Crippen molar-refractivity contribution in [3.63, 3.8) is 0 Å². The average molecular weight is 478 g/mol. The van der Waals surface area contributed by atoms with Gasteiger partial charge in [-0.3, -0.25) is 14.5 Å². The number of aliphatic hydroxyl groups excluding tert-OH is 1. The maximum absolute atomic E-state index is 13.2. The third kappa shape index (κ3) is 4.50. The first-order chi connectivity index (χ1) is 16.4. The van der Waals surface area contributed by atoms with Crippen LogP contribution in [0.3, 0.4) is 0 Å². The van der Waals surface area contributed by atoms with Crippen molar-refractivity contribution in [3.8, 4) is 11.5 Å². The van der Waals surface area contributed by atoms with E-state index < -0.39 is 17.7 Å². The summed E-state index contributed by atoms with van der Waals surface area (Å²) in [6.45, 7) is 4.70. The van der Waals surface area contributed by atoms with E-state index in [1.165, 1.54) is 4.90 Å². The molecule has 1 unspecified atom stereocenters. The number of carbonyl (C=O) groups is 2. The molecule has 1 saturated heterocycles. The number of Topliss-reactive ketones (excluding diaryl/α,β-unsaturated/α-hetero) is 1. The Morgan fingerprint density at radius 1 is 0.912 bits per heavy atom. The van der Waals surface area contributed by atoms with E-state index in [1.54, 1.807) is 72.8 Å². The molecule has 1 atom stereocenters. The van der Waals surface area contributed by atoms with E-state index >= 15 is 0 Å². The van der Waals surface area contributed by atoms with E-state index in [0.29, 0.717) is 46.5 Å². The van der Waals surface area contributed by atoms with Crippen LogP contribution < -0.4 is 14.4 Å². The third-order valence-corrected chi connectivity index (χ3v) is 5.73. The van der Waals surface area contributed by atoms with E-state index in [2.05, 4.69) is 0 Å². The molecule has 174 valence electrons. The van der Waals surface area contributed by atoms with Crippen LogP contribution in [0.5, 0.6) is 11.5 Å². The zero-order valence-electron chi connectivity index (χ0n) is 18.8. The molecule has 1 N–H and O–H groups in total. The van der Waals surface area contributed by atoms with Crippen LogP contribution in [-0.4, -0.2) is 30.0 Å². The van der Waals surface area contributed by atoms with E-state index in [0.717, 1.165) is 0 Å². The summed E-state index contributed by atoms with van der Waals surface area (Å²) >= 11 is 6.08. The summed E-state index contributed by atoms with van der Waals surface area (Å²) in [5.41, 5.74) is 1.53. The van der Waals surface area contributed by atoms with Gasteiger partial charge < -0.3 is 14.6 Å². The fourth-order valence-corrected chi connectivity index (χ4v) is 4.11. The number of amides is 1. The molecule has 0 aromatic heterocycles. The van der Waals surface area contributed by atoms with Crippen LogP contribution in [0.15, 0.2) is 78.4 Å². The largest absolute Gasteiger partial charge is 0.507 e. The zero-order chi connectivity index (χ0) is 24.2. The summed E-state index contributed by atoms with van der Waals surface area (Å²) in [4.78, 5) is 27.9. The van der Waals surface area contributed by atoms with Crippen molar-refractivity contribution in [2.45, 2.75) is 19.9 Å². The lowest BCUT2D eigenvalue weighted by molar-refractivity contribution is -0.132. The second kappa shape index (κ2) is 10.0. The van der Waals surface area contributed by atoms with Crippen molar-refractivity contribution < 1.29 is 24.2 Å². The number of ketones is 1. The summed E-state index contributed by atoms with van der Waals surface area (Å²) in [7, 11) is 0. The Balaban J connectivity index is 1.87. The number of nitrogens with zero attached hydrogens (tertiary/aromatic N) is 1. The minimum Gasteiger partial charge on any atom is -0.507 e. The highest BCUT2D eigenvalue weighted by Crippen LogP contribution is 2.42. The highest BCUT2D eigenvalue weighted by Gasteiger charge is 2.47. The molecule has 1 aliphatic rings. The summed E-state index contributed by atoms with van der Waals surface area (Å²) in [5.74, 6) is -0.568. The van der Waals surface area contributed by atoms with Crippen LogP contribution in [-0.2, 0) is 9.59 Å². The Bertz CT molecular complexity index is 1230. The fourth-order valence-electron chi connectivity index (χ4n) is 3.98. The van der Waals surface area contributed by atoms with Crippen molar-refractivity contribution >= 4 is 34.7 Å². The Kier molecular flexibility index (Phi) is 6.89. The Morgan fingerprint density at radius 2 is 1.56 bits per heavy atom. The number of hydrogen-bond donors (Lipinski definition) is 1. The minimum atomic E-state index is -0.842. The van der Waals surface area contributed by atoms with E-state index in [9.17, 15) is 14.7 Å². The fraction of sp³-hybridized carbons (Fsp3) is 0.185. The maximum atomic E-state index is 13.2. The number of rotatable bonds is 7. The van der Waals surface area contributed by atoms with E-state index in [1.807, 2.05) is 13.8 Å². The molecule has 0 radical (unpaired) electrons. The van der Waals surface area contributed by atoms with Gasteiger partial charge in [-0.05, 0) is 67.9 Å². The van der Waals surface area contributed by atoms with Crippen LogP contribution in [0.1, 0.15) is 31.0 Å². The first-order valence-corrected chi connectivity index (χ1v) is 11.3. The molecule has 1 aliphatic heterocycles. The lowest BCUT2D eigenvalue weighted by Crippen LogP contribution is -2.29. The predicted molar refractivity (Wildman–Crippen MR) is 131 cm³/mol. The zero-order valence-corrected chi connectivity index (χ0v) is 19.6. The number of aliphatic hydroxyl groups is 1. The molecule has 6 nitrogen and oxygen atoms in total. The maximum Gasteiger partial charge on any atom is 0.300 e.